The van der Waals surface area contributed by atoms with E-state index in [2.05, 4.69) is 16.0 Å². The Balaban J connectivity index is 2.31. The Hall–Kier alpha value is -5.06. The van der Waals surface area contributed by atoms with Crippen LogP contribution in [-0.4, -0.2) is 94.1 Å². The first kappa shape index (κ1) is 37.1. The summed E-state index contributed by atoms with van der Waals surface area (Å²) < 4.78 is 0. The van der Waals surface area contributed by atoms with Crippen LogP contribution >= 0.6 is 0 Å². The van der Waals surface area contributed by atoms with Gasteiger partial charge in [-0.25, -0.2) is 4.79 Å². The number of likely N-dealkylation sites (tertiary alicyclic amines) is 1. The summed E-state index contributed by atoms with van der Waals surface area (Å²) in [6, 6.07) is 2.25. The fraction of sp³-hybridized carbons (Fsp3) is 0.517. The van der Waals surface area contributed by atoms with Crippen LogP contribution in [0.25, 0.3) is 0 Å². The number of carbonyl (C=O) groups is 8. The quantitative estimate of drug-likeness (QED) is 0.0748. The van der Waals surface area contributed by atoms with E-state index in [0.717, 1.165) is 0 Å². The molecule has 252 valence electrons. The van der Waals surface area contributed by atoms with Crippen molar-refractivity contribution in [2.45, 2.75) is 88.0 Å². The standard InChI is InChI=1S/C29H42N8O9/c30-17(8-11-22(31)38)25(41)34-18(9-12-23(32)39)26(42)35-19(10-13-24(33)40)27(43)36-20(15-16-5-2-1-3-6-16)28(44)37-14-4-7-21(37)29(45)46/h1-3,5-6,17-21H,4,7-15,30H2,(H2,31,38)(H2,32,39)(H2,33,40)(H,34,41)(H,35,42)(H,36,43)(H,45,46)/t17-,18-,19-,20-,21-/m0/s1. The zero-order valence-electron chi connectivity index (χ0n) is 25.3. The lowest BCUT2D eigenvalue weighted by atomic mass is 10.0. The lowest BCUT2D eigenvalue weighted by molar-refractivity contribution is -0.149. The first-order valence-electron chi connectivity index (χ1n) is 14.8. The molecule has 1 aliphatic heterocycles. The average molecular weight is 647 g/mol. The molecule has 1 fully saturated rings. The monoisotopic (exact) mass is 646 g/mol. The molecule has 2 rings (SSSR count). The number of primary amides is 3. The fourth-order valence-electron chi connectivity index (χ4n) is 4.90. The van der Waals surface area contributed by atoms with E-state index in [1.165, 1.54) is 4.90 Å². The number of rotatable bonds is 19. The number of hydrogen-bond donors (Lipinski definition) is 8. The Kier molecular flexibility index (Phi) is 14.6. The first-order valence-corrected chi connectivity index (χ1v) is 14.8. The van der Waals surface area contributed by atoms with Crippen LogP contribution in [0.3, 0.4) is 0 Å². The summed E-state index contributed by atoms with van der Waals surface area (Å²) in [5.41, 5.74) is 22.1. The van der Waals surface area contributed by atoms with E-state index in [1.807, 2.05) is 0 Å². The molecule has 0 saturated carbocycles. The number of aliphatic carboxylic acids is 1. The lowest BCUT2D eigenvalue weighted by Crippen LogP contribution is -2.59. The Morgan fingerprint density at radius 3 is 1.72 bits per heavy atom. The average Bonchev–Trinajstić information content (AvgIpc) is 3.50. The van der Waals surface area contributed by atoms with Gasteiger partial charge in [-0.3, -0.25) is 33.6 Å². The van der Waals surface area contributed by atoms with Gasteiger partial charge < -0.3 is 48.9 Å². The van der Waals surface area contributed by atoms with Gasteiger partial charge >= 0.3 is 5.97 Å². The molecule has 7 amide bonds. The van der Waals surface area contributed by atoms with Crippen molar-refractivity contribution in [3.8, 4) is 0 Å². The fourth-order valence-corrected chi connectivity index (χ4v) is 4.90. The number of hydrogen-bond acceptors (Lipinski definition) is 9. The highest BCUT2D eigenvalue weighted by atomic mass is 16.4. The number of nitrogens with zero attached hydrogens (tertiary/aromatic N) is 1. The molecule has 1 heterocycles. The third-order valence-electron chi connectivity index (χ3n) is 7.38. The van der Waals surface area contributed by atoms with Gasteiger partial charge in [-0.1, -0.05) is 30.3 Å². The lowest BCUT2D eigenvalue weighted by Gasteiger charge is -2.29. The largest absolute Gasteiger partial charge is 0.480 e. The second kappa shape index (κ2) is 18.0. The number of nitrogens with two attached hydrogens (primary N) is 4. The summed E-state index contributed by atoms with van der Waals surface area (Å²) in [4.78, 5) is 100. The number of carbonyl (C=O) groups excluding carboxylic acids is 7. The van der Waals surface area contributed by atoms with Gasteiger partial charge in [-0.05, 0) is 37.7 Å². The van der Waals surface area contributed by atoms with Crippen LogP contribution in [0.4, 0.5) is 0 Å². The number of carboxylic acid groups (broad SMARTS) is 1. The highest BCUT2D eigenvalue weighted by molar-refractivity contribution is 5.96. The third kappa shape index (κ3) is 12.1. The van der Waals surface area contributed by atoms with Gasteiger partial charge in [0.1, 0.15) is 24.2 Å². The predicted octanol–water partition coefficient (Wildman–Crippen LogP) is -3.12. The third-order valence-corrected chi connectivity index (χ3v) is 7.38. The second-order valence-electron chi connectivity index (χ2n) is 11.0. The molecule has 0 aliphatic carbocycles. The highest BCUT2D eigenvalue weighted by Crippen LogP contribution is 2.20. The molecule has 0 spiro atoms. The predicted molar refractivity (Wildman–Crippen MR) is 162 cm³/mol. The van der Waals surface area contributed by atoms with Crippen molar-refractivity contribution in [2.75, 3.05) is 6.54 Å². The molecule has 0 aromatic heterocycles. The molecule has 1 aromatic rings. The first-order chi connectivity index (χ1) is 21.7. The van der Waals surface area contributed by atoms with E-state index in [-0.39, 0.29) is 57.9 Å². The van der Waals surface area contributed by atoms with Gasteiger partial charge in [0.05, 0.1) is 6.04 Å². The maximum absolute atomic E-state index is 13.6. The topological polar surface area (TPSA) is 300 Å². The van der Waals surface area contributed by atoms with Crippen LogP contribution < -0.4 is 38.9 Å². The molecule has 17 heteroatoms. The Bertz CT molecular complexity index is 1290. The van der Waals surface area contributed by atoms with Crippen molar-refractivity contribution in [1.29, 1.82) is 0 Å². The summed E-state index contributed by atoms with van der Waals surface area (Å²) in [5.74, 6) is -6.73. The van der Waals surface area contributed by atoms with Gasteiger partial charge in [0.25, 0.3) is 0 Å². The SMILES string of the molecule is NC(=O)CC[C@H](NC(=O)[C@H](CCC(N)=O)NC(=O)[C@@H](N)CCC(N)=O)C(=O)N[C@@H](Cc1ccccc1)C(=O)N1CCC[C@H]1C(=O)O. The van der Waals surface area contributed by atoms with Crippen molar-refractivity contribution < 1.29 is 43.5 Å². The summed E-state index contributed by atoms with van der Waals surface area (Å²) in [6.45, 7) is 0.168. The van der Waals surface area contributed by atoms with Crippen LogP contribution in [0.1, 0.15) is 56.9 Å². The van der Waals surface area contributed by atoms with E-state index in [0.29, 0.717) is 12.0 Å². The van der Waals surface area contributed by atoms with E-state index in [4.69, 9.17) is 22.9 Å². The molecule has 17 nitrogen and oxygen atoms in total. The normalized spacial score (nSPS) is 16.7. The number of carboxylic acids is 1. The number of nitrogens with one attached hydrogen (secondary N) is 3. The molecule has 0 unspecified atom stereocenters. The second-order valence-corrected chi connectivity index (χ2v) is 11.0. The summed E-state index contributed by atoms with van der Waals surface area (Å²) in [7, 11) is 0. The zero-order valence-corrected chi connectivity index (χ0v) is 25.3. The molecular formula is C29H42N8O9. The van der Waals surface area contributed by atoms with Crippen molar-refractivity contribution in [3.63, 3.8) is 0 Å². The highest BCUT2D eigenvalue weighted by Gasteiger charge is 2.38. The van der Waals surface area contributed by atoms with Gasteiger partial charge in [-0.15, -0.1) is 0 Å². The Morgan fingerprint density at radius 1 is 0.739 bits per heavy atom. The van der Waals surface area contributed by atoms with Crippen molar-refractivity contribution in [1.82, 2.24) is 20.9 Å². The molecule has 1 aromatic carbocycles. The maximum Gasteiger partial charge on any atom is 0.326 e. The smallest absolute Gasteiger partial charge is 0.326 e. The minimum atomic E-state index is -1.45. The van der Waals surface area contributed by atoms with Gasteiger partial charge in [-0.2, -0.15) is 0 Å². The molecule has 1 aliphatic rings. The van der Waals surface area contributed by atoms with E-state index >= 15 is 0 Å². The Labute approximate surface area is 265 Å². The maximum atomic E-state index is 13.6. The minimum Gasteiger partial charge on any atom is -0.480 e. The van der Waals surface area contributed by atoms with Crippen LogP contribution in [0.15, 0.2) is 30.3 Å². The molecule has 46 heavy (non-hydrogen) atoms. The number of benzene rings is 1. The van der Waals surface area contributed by atoms with Crippen molar-refractivity contribution in [3.05, 3.63) is 35.9 Å². The summed E-state index contributed by atoms with van der Waals surface area (Å²) in [5, 5.41) is 17.0. The minimum absolute atomic E-state index is 0.00871. The molecule has 12 N–H and O–H groups in total. The summed E-state index contributed by atoms with van der Waals surface area (Å²) in [6.07, 6.45) is -0.881. The van der Waals surface area contributed by atoms with Crippen molar-refractivity contribution in [2.24, 2.45) is 22.9 Å². The van der Waals surface area contributed by atoms with E-state index in [9.17, 15) is 43.5 Å². The van der Waals surface area contributed by atoms with E-state index < -0.39 is 77.5 Å². The van der Waals surface area contributed by atoms with Crippen LogP contribution in [-0.2, 0) is 44.8 Å². The van der Waals surface area contributed by atoms with Gasteiger partial charge in [0.2, 0.25) is 41.4 Å². The number of amides is 7. The molecule has 5 atom stereocenters. The van der Waals surface area contributed by atoms with E-state index in [1.54, 1.807) is 30.3 Å². The van der Waals surface area contributed by atoms with Crippen LogP contribution in [0.5, 0.6) is 0 Å². The van der Waals surface area contributed by atoms with Crippen LogP contribution in [0.2, 0.25) is 0 Å². The van der Waals surface area contributed by atoms with Crippen LogP contribution in [0, 0.1) is 0 Å². The van der Waals surface area contributed by atoms with Crippen molar-refractivity contribution >= 4 is 47.3 Å². The zero-order chi connectivity index (χ0) is 34.4. The van der Waals surface area contributed by atoms with Gasteiger partial charge in [0.15, 0.2) is 0 Å². The molecule has 1 saturated heterocycles. The molecule has 0 radical (unpaired) electrons. The molecular weight excluding hydrogens is 604 g/mol. The summed E-state index contributed by atoms with van der Waals surface area (Å²) >= 11 is 0. The Morgan fingerprint density at radius 2 is 1.22 bits per heavy atom. The molecule has 0 bridgehead atoms. The van der Waals surface area contributed by atoms with Gasteiger partial charge in [0, 0.05) is 32.2 Å².